The van der Waals surface area contributed by atoms with Crippen LogP contribution in [0, 0.1) is 0 Å². The molecule has 134 valence electrons. The molecule has 0 aliphatic heterocycles. The van der Waals surface area contributed by atoms with Gasteiger partial charge in [-0.15, -0.1) is 0 Å². The summed E-state index contributed by atoms with van der Waals surface area (Å²) in [5, 5.41) is 1.27. The number of rotatable bonds is 8. The molecule has 1 aromatic rings. The number of benzene rings is 1. The highest BCUT2D eigenvalue weighted by molar-refractivity contribution is 7.92. The highest BCUT2D eigenvalue weighted by Crippen LogP contribution is 2.28. The normalized spacial score (nSPS) is 18.2. The van der Waals surface area contributed by atoms with Gasteiger partial charge in [-0.25, -0.2) is 13.1 Å². The lowest BCUT2D eigenvalue weighted by molar-refractivity contribution is 0.180. The molecule has 1 aliphatic carbocycles. The summed E-state index contributed by atoms with van der Waals surface area (Å²) in [6.45, 7) is 6.74. The standard InChI is InChI=1S/C19H30N2O2S/c1-4-12-21(13-5-2)18-10-9-16-7-6-8-17(19(16)15-18)11-14-24(22,23)20-3/h6-8,11,14,18,20H,4-5,9-10,12-13,15H2,1-3H3. The van der Waals surface area contributed by atoms with Crippen molar-refractivity contribution < 1.29 is 8.42 Å². The lowest BCUT2D eigenvalue weighted by Gasteiger charge is -2.35. The van der Waals surface area contributed by atoms with Crippen molar-refractivity contribution in [3.63, 3.8) is 0 Å². The van der Waals surface area contributed by atoms with Crippen molar-refractivity contribution in [1.29, 1.82) is 0 Å². The highest BCUT2D eigenvalue weighted by Gasteiger charge is 2.24. The van der Waals surface area contributed by atoms with Crippen molar-refractivity contribution in [2.75, 3.05) is 20.1 Å². The Kier molecular flexibility index (Phi) is 7.02. The number of hydrogen-bond acceptors (Lipinski definition) is 3. The summed E-state index contributed by atoms with van der Waals surface area (Å²) < 4.78 is 25.7. The first-order valence-electron chi connectivity index (χ1n) is 8.97. The second kappa shape index (κ2) is 8.79. The molecule has 0 aromatic heterocycles. The Balaban J connectivity index is 2.25. The van der Waals surface area contributed by atoms with Crippen molar-refractivity contribution in [3.05, 3.63) is 40.3 Å². The van der Waals surface area contributed by atoms with Gasteiger partial charge >= 0.3 is 0 Å². The van der Waals surface area contributed by atoms with Crippen molar-refractivity contribution >= 4 is 16.1 Å². The minimum Gasteiger partial charge on any atom is -0.300 e. The third-order valence-corrected chi connectivity index (χ3v) is 5.81. The van der Waals surface area contributed by atoms with Gasteiger partial charge in [-0.1, -0.05) is 32.0 Å². The van der Waals surface area contributed by atoms with Gasteiger partial charge in [-0.05, 0) is 75.0 Å². The van der Waals surface area contributed by atoms with Crippen molar-refractivity contribution in [3.8, 4) is 0 Å². The minimum atomic E-state index is -3.33. The van der Waals surface area contributed by atoms with Gasteiger partial charge in [0.05, 0.1) is 0 Å². The lowest BCUT2D eigenvalue weighted by atomic mass is 9.84. The van der Waals surface area contributed by atoms with E-state index in [4.69, 9.17) is 0 Å². The topological polar surface area (TPSA) is 49.4 Å². The molecule has 0 fully saturated rings. The average Bonchev–Trinajstić information content (AvgIpc) is 2.59. The molecule has 0 saturated carbocycles. The van der Waals surface area contributed by atoms with Crippen molar-refractivity contribution in [1.82, 2.24) is 9.62 Å². The fraction of sp³-hybridized carbons (Fsp3) is 0.579. The van der Waals surface area contributed by atoms with Crippen LogP contribution in [0.3, 0.4) is 0 Å². The second-order valence-electron chi connectivity index (χ2n) is 6.47. The van der Waals surface area contributed by atoms with E-state index in [9.17, 15) is 8.42 Å². The third-order valence-electron chi connectivity index (χ3n) is 4.75. The van der Waals surface area contributed by atoms with E-state index in [1.165, 1.54) is 42.8 Å². The Hall–Kier alpha value is -1.17. The maximum Gasteiger partial charge on any atom is 0.233 e. The van der Waals surface area contributed by atoms with E-state index in [2.05, 4.69) is 29.5 Å². The van der Waals surface area contributed by atoms with Crippen LogP contribution in [0.5, 0.6) is 0 Å². The van der Waals surface area contributed by atoms with Crippen LogP contribution in [0.15, 0.2) is 23.6 Å². The van der Waals surface area contributed by atoms with Crippen LogP contribution in [0.2, 0.25) is 0 Å². The molecule has 0 saturated heterocycles. The Morgan fingerprint density at radius 3 is 2.58 bits per heavy atom. The van der Waals surface area contributed by atoms with E-state index < -0.39 is 10.0 Å². The van der Waals surface area contributed by atoms with Gasteiger partial charge in [0.2, 0.25) is 10.0 Å². The first-order chi connectivity index (χ1) is 11.5. The summed E-state index contributed by atoms with van der Waals surface area (Å²) in [6.07, 6.45) is 7.35. The zero-order valence-corrected chi connectivity index (χ0v) is 15.9. The molecular formula is C19H30N2O2S. The van der Waals surface area contributed by atoms with Gasteiger partial charge in [0.25, 0.3) is 0 Å². The first-order valence-corrected chi connectivity index (χ1v) is 10.5. The average molecular weight is 351 g/mol. The fourth-order valence-electron chi connectivity index (χ4n) is 3.55. The third kappa shape index (κ3) is 4.91. The SMILES string of the molecule is CCCN(CCC)C1CCc2cccc(C=CS(=O)(=O)NC)c2C1. The van der Waals surface area contributed by atoms with Crippen LogP contribution < -0.4 is 4.72 Å². The largest absolute Gasteiger partial charge is 0.300 e. The molecule has 0 heterocycles. The number of fused-ring (bicyclic) bond motifs is 1. The van der Waals surface area contributed by atoms with E-state index >= 15 is 0 Å². The zero-order chi connectivity index (χ0) is 17.6. The van der Waals surface area contributed by atoms with Crippen molar-refractivity contribution in [2.45, 2.75) is 52.0 Å². The molecular weight excluding hydrogens is 320 g/mol. The Labute approximate surface area is 147 Å². The number of aryl methyl sites for hydroxylation is 1. The summed E-state index contributed by atoms with van der Waals surface area (Å²) in [7, 11) is -1.90. The predicted molar refractivity (Wildman–Crippen MR) is 101 cm³/mol. The number of nitrogens with one attached hydrogen (secondary N) is 1. The summed E-state index contributed by atoms with van der Waals surface area (Å²) in [4.78, 5) is 2.60. The number of hydrogen-bond donors (Lipinski definition) is 1. The van der Waals surface area contributed by atoms with Crippen LogP contribution in [-0.2, 0) is 22.9 Å². The number of sulfonamides is 1. The second-order valence-corrected chi connectivity index (χ2v) is 8.24. The van der Waals surface area contributed by atoms with Gasteiger partial charge in [0.15, 0.2) is 0 Å². The highest BCUT2D eigenvalue weighted by atomic mass is 32.2. The van der Waals surface area contributed by atoms with Crippen LogP contribution in [0.4, 0.5) is 0 Å². The lowest BCUT2D eigenvalue weighted by Crippen LogP contribution is -2.40. The van der Waals surface area contributed by atoms with Crippen LogP contribution >= 0.6 is 0 Å². The zero-order valence-electron chi connectivity index (χ0n) is 15.1. The molecule has 1 aliphatic rings. The van der Waals surface area contributed by atoms with E-state index in [-0.39, 0.29) is 0 Å². The van der Waals surface area contributed by atoms with Crippen molar-refractivity contribution in [2.24, 2.45) is 0 Å². The maximum absolute atomic E-state index is 11.7. The summed E-state index contributed by atoms with van der Waals surface area (Å²) in [6, 6.07) is 6.79. The smallest absolute Gasteiger partial charge is 0.233 e. The Bertz CT molecular complexity index is 662. The summed E-state index contributed by atoms with van der Waals surface area (Å²) in [5.74, 6) is 0. The Morgan fingerprint density at radius 2 is 1.96 bits per heavy atom. The Morgan fingerprint density at radius 1 is 1.25 bits per heavy atom. The van der Waals surface area contributed by atoms with E-state index in [0.717, 1.165) is 31.5 Å². The van der Waals surface area contributed by atoms with E-state index in [1.807, 2.05) is 12.1 Å². The summed E-state index contributed by atoms with van der Waals surface area (Å²) in [5.41, 5.74) is 3.71. The van der Waals surface area contributed by atoms with Gasteiger partial charge in [0, 0.05) is 11.4 Å². The van der Waals surface area contributed by atoms with Crippen LogP contribution in [0.25, 0.3) is 6.08 Å². The fourth-order valence-corrected chi connectivity index (χ4v) is 4.01. The molecule has 4 nitrogen and oxygen atoms in total. The maximum atomic E-state index is 11.7. The molecule has 0 amide bonds. The van der Waals surface area contributed by atoms with E-state index in [0.29, 0.717) is 6.04 Å². The van der Waals surface area contributed by atoms with Crippen LogP contribution in [-0.4, -0.2) is 39.5 Å². The van der Waals surface area contributed by atoms with Gasteiger partial charge in [-0.2, -0.15) is 0 Å². The molecule has 0 bridgehead atoms. The first kappa shape index (κ1) is 19.2. The molecule has 5 heteroatoms. The minimum absolute atomic E-state index is 0.563. The van der Waals surface area contributed by atoms with E-state index in [1.54, 1.807) is 6.08 Å². The molecule has 2 rings (SSSR count). The van der Waals surface area contributed by atoms with Crippen LogP contribution in [0.1, 0.15) is 49.8 Å². The molecule has 24 heavy (non-hydrogen) atoms. The molecule has 1 N–H and O–H groups in total. The molecule has 0 spiro atoms. The summed E-state index contributed by atoms with van der Waals surface area (Å²) >= 11 is 0. The van der Waals surface area contributed by atoms with Gasteiger partial charge in [-0.3, -0.25) is 0 Å². The van der Waals surface area contributed by atoms with Gasteiger partial charge < -0.3 is 4.90 Å². The molecule has 0 radical (unpaired) electrons. The predicted octanol–water partition coefficient (Wildman–Crippen LogP) is 3.19. The molecule has 1 unspecified atom stereocenters. The monoisotopic (exact) mass is 350 g/mol. The molecule has 1 atom stereocenters. The van der Waals surface area contributed by atoms with Gasteiger partial charge in [0.1, 0.15) is 0 Å². The molecule has 1 aromatic carbocycles. The quantitative estimate of drug-likeness (QED) is 0.783. The number of nitrogens with zero attached hydrogens (tertiary/aromatic N) is 1.